The number of rotatable bonds is 9. The van der Waals surface area contributed by atoms with Crippen molar-refractivity contribution in [3.8, 4) is 0 Å². The van der Waals surface area contributed by atoms with Crippen LogP contribution < -0.4 is 0 Å². The zero-order chi connectivity index (χ0) is 23.7. The van der Waals surface area contributed by atoms with E-state index >= 15 is 0 Å². The Balaban J connectivity index is 2.31. The van der Waals surface area contributed by atoms with Gasteiger partial charge in [0.05, 0.1) is 13.2 Å². The second-order valence-corrected chi connectivity index (χ2v) is 8.57. The van der Waals surface area contributed by atoms with Crippen LogP contribution in [0.2, 0.25) is 0 Å². The molecule has 0 aromatic rings. The van der Waals surface area contributed by atoms with E-state index in [9.17, 15) is 42.1 Å². The van der Waals surface area contributed by atoms with Gasteiger partial charge in [0.1, 0.15) is 36.6 Å². The Morgan fingerprint density at radius 3 is 1.97 bits per heavy atom. The Morgan fingerprint density at radius 2 is 1.48 bits per heavy atom. The van der Waals surface area contributed by atoms with Gasteiger partial charge in [-0.1, -0.05) is 0 Å². The lowest BCUT2D eigenvalue weighted by Gasteiger charge is -2.41. The molecule has 2 heterocycles. The Hall–Kier alpha value is -1.07. The number of carboxylic acid groups (broad SMARTS) is 1. The number of hydrogen-bond donors (Lipinski definition) is 7. The zero-order valence-electron chi connectivity index (χ0n) is 15.1. The summed E-state index contributed by atoms with van der Waals surface area (Å²) in [5, 5.41) is 48.4. The number of ether oxygens (including phenoxy) is 3. The SMILES string of the molecule is O=C(O)[C@@H]1O[C@@H](O[C@H]2[C@H](O)[C@@H](CO)O[C@@H]2COS(=O)(=O)O)[C@H](OS(=O)(=O)O)[C@@H](O)[C@@H]1O. The van der Waals surface area contributed by atoms with Gasteiger partial charge in [0.25, 0.3) is 0 Å². The molecule has 2 saturated heterocycles. The molecule has 2 fully saturated rings. The highest BCUT2D eigenvalue weighted by atomic mass is 32.3. The predicted molar refractivity (Wildman–Crippen MR) is 88.9 cm³/mol. The fourth-order valence-electron chi connectivity index (χ4n) is 2.97. The summed E-state index contributed by atoms with van der Waals surface area (Å²) in [5.74, 6) is -1.81. The predicted octanol–water partition coefficient (Wildman–Crippen LogP) is -4.97. The van der Waals surface area contributed by atoms with Crippen LogP contribution in [0.1, 0.15) is 0 Å². The van der Waals surface area contributed by atoms with Gasteiger partial charge in [-0.25, -0.2) is 13.2 Å². The molecule has 31 heavy (non-hydrogen) atoms. The molecular formula is C12H20O17S2. The first kappa shape index (κ1) is 26.2. The molecule has 0 unspecified atom stereocenters. The molecule has 2 rings (SSSR count). The van der Waals surface area contributed by atoms with E-state index in [1.807, 2.05) is 0 Å². The van der Waals surface area contributed by atoms with E-state index in [2.05, 4.69) is 8.37 Å². The van der Waals surface area contributed by atoms with Gasteiger partial charge in [-0.05, 0) is 0 Å². The summed E-state index contributed by atoms with van der Waals surface area (Å²) in [6.07, 6.45) is -17.6. The van der Waals surface area contributed by atoms with Gasteiger partial charge in [0, 0.05) is 0 Å². The number of aliphatic carboxylic acids is 1. The van der Waals surface area contributed by atoms with Crippen LogP contribution in [0.15, 0.2) is 0 Å². The molecule has 0 bridgehead atoms. The van der Waals surface area contributed by atoms with Crippen LogP contribution in [-0.4, -0.2) is 126 Å². The largest absolute Gasteiger partial charge is 0.479 e. The van der Waals surface area contributed by atoms with E-state index in [-0.39, 0.29) is 0 Å². The van der Waals surface area contributed by atoms with Crippen LogP contribution in [0.3, 0.4) is 0 Å². The average molecular weight is 500 g/mol. The molecule has 0 aliphatic carbocycles. The maximum Gasteiger partial charge on any atom is 0.397 e. The first-order valence-corrected chi connectivity index (χ1v) is 11.0. The minimum absolute atomic E-state index is 0.820. The summed E-state index contributed by atoms with van der Waals surface area (Å²) in [5.41, 5.74) is 0. The highest BCUT2D eigenvalue weighted by molar-refractivity contribution is 7.81. The molecule has 7 N–H and O–H groups in total. The van der Waals surface area contributed by atoms with Crippen molar-refractivity contribution in [1.82, 2.24) is 0 Å². The monoisotopic (exact) mass is 500 g/mol. The summed E-state index contributed by atoms with van der Waals surface area (Å²) >= 11 is 0. The van der Waals surface area contributed by atoms with Gasteiger partial charge in [0.2, 0.25) is 0 Å². The number of aliphatic hydroxyl groups excluding tert-OH is 4. The topological polar surface area (TPSA) is 273 Å². The molecular weight excluding hydrogens is 480 g/mol. The van der Waals surface area contributed by atoms with E-state index in [0.29, 0.717) is 0 Å². The highest BCUT2D eigenvalue weighted by Gasteiger charge is 2.54. The first-order chi connectivity index (χ1) is 14.1. The zero-order valence-corrected chi connectivity index (χ0v) is 16.8. The van der Waals surface area contributed by atoms with E-state index in [1.54, 1.807) is 0 Å². The maximum atomic E-state index is 11.2. The van der Waals surface area contributed by atoms with Gasteiger partial charge in [-0.15, -0.1) is 0 Å². The van der Waals surface area contributed by atoms with Gasteiger partial charge in [-0.3, -0.25) is 9.11 Å². The van der Waals surface area contributed by atoms with Crippen LogP contribution in [-0.2, 0) is 48.2 Å². The van der Waals surface area contributed by atoms with Gasteiger partial charge >= 0.3 is 26.8 Å². The number of aliphatic hydroxyl groups is 4. The second kappa shape index (κ2) is 9.82. The van der Waals surface area contributed by atoms with Gasteiger partial charge in [-0.2, -0.15) is 16.8 Å². The molecule has 0 saturated carbocycles. The van der Waals surface area contributed by atoms with E-state index in [1.165, 1.54) is 0 Å². The average Bonchev–Trinajstić information content (AvgIpc) is 2.92. The standard InChI is InChI=1S/C12H20O17S2/c13-1-3-5(14)8(4(26-3)2-25-30(19,20)21)27-12-10(29-31(22,23)24)7(16)6(15)9(28-12)11(17)18/h3-10,12-16H,1-2H2,(H,17,18)(H,19,20,21)(H,22,23,24)/t3-,4-,5-,6+,7+,8-,9-,10-,12-/m1/s1. The Kier molecular flexibility index (Phi) is 8.30. The van der Waals surface area contributed by atoms with Crippen molar-refractivity contribution in [2.24, 2.45) is 0 Å². The summed E-state index contributed by atoms with van der Waals surface area (Å²) in [6, 6.07) is 0. The van der Waals surface area contributed by atoms with E-state index in [0.717, 1.165) is 0 Å². The van der Waals surface area contributed by atoms with Crippen LogP contribution in [0.4, 0.5) is 0 Å². The molecule has 19 heteroatoms. The van der Waals surface area contributed by atoms with Gasteiger partial charge < -0.3 is 39.7 Å². The Labute approximate surface area is 174 Å². The molecule has 2 aliphatic rings. The van der Waals surface area contributed by atoms with Crippen molar-refractivity contribution in [2.75, 3.05) is 13.2 Å². The van der Waals surface area contributed by atoms with Crippen LogP contribution in [0.5, 0.6) is 0 Å². The first-order valence-electron chi connectivity index (χ1n) is 8.26. The van der Waals surface area contributed by atoms with Crippen molar-refractivity contribution in [3.63, 3.8) is 0 Å². The fourth-order valence-corrected chi connectivity index (χ4v) is 3.76. The number of carbonyl (C=O) groups is 1. The lowest BCUT2D eigenvalue weighted by Crippen LogP contribution is -2.62. The minimum Gasteiger partial charge on any atom is -0.479 e. The number of carboxylic acids is 1. The third kappa shape index (κ3) is 6.71. The molecule has 0 radical (unpaired) electrons. The van der Waals surface area contributed by atoms with Crippen molar-refractivity contribution < 1.29 is 78.8 Å². The fraction of sp³-hybridized carbons (Fsp3) is 0.917. The summed E-state index contributed by atoms with van der Waals surface area (Å²) in [7, 11) is -10.3. The molecule has 0 aromatic carbocycles. The summed E-state index contributed by atoms with van der Waals surface area (Å²) < 4.78 is 84.8. The Morgan fingerprint density at radius 1 is 0.871 bits per heavy atom. The molecule has 182 valence electrons. The minimum atomic E-state index is -5.31. The number of hydrogen-bond acceptors (Lipinski definition) is 14. The van der Waals surface area contributed by atoms with E-state index < -0.39 is 95.1 Å². The lowest BCUT2D eigenvalue weighted by atomic mass is 9.98. The smallest absolute Gasteiger partial charge is 0.397 e. The van der Waals surface area contributed by atoms with E-state index in [4.69, 9.17) is 28.4 Å². The normalized spacial score (nSPS) is 39.5. The summed E-state index contributed by atoms with van der Waals surface area (Å²) in [4.78, 5) is 11.2. The second-order valence-electron chi connectivity index (χ2n) is 6.43. The molecule has 0 aromatic heterocycles. The van der Waals surface area contributed by atoms with Crippen molar-refractivity contribution in [1.29, 1.82) is 0 Å². The third-order valence-electron chi connectivity index (χ3n) is 4.31. The molecule has 0 amide bonds. The Bertz CT molecular complexity index is 841. The van der Waals surface area contributed by atoms with Crippen LogP contribution in [0.25, 0.3) is 0 Å². The van der Waals surface area contributed by atoms with Crippen molar-refractivity contribution >= 4 is 26.8 Å². The molecule has 17 nitrogen and oxygen atoms in total. The van der Waals surface area contributed by atoms with Crippen molar-refractivity contribution in [3.05, 3.63) is 0 Å². The third-order valence-corrected chi connectivity index (χ3v) is 5.21. The molecule has 2 aliphatic heterocycles. The quantitative estimate of drug-likeness (QED) is 0.146. The van der Waals surface area contributed by atoms with Crippen molar-refractivity contribution in [2.45, 2.75) is 55.1 Å². The highest BCUT2D eigenvalue weighted by Crippen LogP contribution is 2.31. The lowest BCUT2D eigenvalue weighted by molar-refractivity contribution is -0.306. The summed E-state index contributed by atoms with van der Waals surface area (Å²) in [6.45, 7) is -1.81. The maximum absolute atomic E-state index is 11.2. The molecule has 9 atom stereocenters. The molecule has 0 spiro atoms. The van der Waals surface area contributed by atoms with Crippen LogP contribution >= 0.6 is 0 Å². The van der Waals surface area contributed by atoms with Crippen LogP contribution in [0, 0.1) is 0 Å². The van der Waals surface area contributed by atoms with Gasteiger partial charge in [0.15, 0.2) is 18.5 Å².